The van der Waals surface area contributed by atoms with Gasteiger partial charge in [-0.15, -0.1) is 0 Å². The van der Waals surface area contributed by atoms with Gasteiger partial charge in [-0.2, -0.15) is 13.5 Å². The zero-order valence-electron chi connectivity index (χ0n) is 35.7. The van der Waals surface area contributed by atoms with Gasteiger partial charge in [0.2, 0.25) is 11.8 Å². The van der Waals surface area contributed by atoms with E-state index in [4.69, 9.17) is 18.9 Å². The van der Waals surface area contributed by atoms with Crippen LogP contribution in [0.1, 0.15) is 130 Å². The Labute approximate surface area is 338 Å². The van der Waals surface area contributed by atoms with Crippen LogP contribution in [0, 0.1) is 11.8 Å². The Morgan fingerprint density at radius 3 is 1.56 bits per heavy atom. The quantitative estimate of drug-likeness (QED) is 0.0858. The molecule has 1 aliphatic rings. The molecule has 0 radical (unpaired) electrons. The minimum Gasteiger partial charge on any atom is -0.379 e. The lowest BCUT2D eigenvalue weighted by molar-refractivity contribution is -0.126. The van der Waals surface area contributed by atoms with Crippen LogP contribution in [0.4, 0.5) is 0 Å². The van der Waals surface area contributed by atoms with Gasteiger partial charge in [0.05, 0.1) is 59.4 Å². The molecule has 1 unspecified atom stereocenters. The number of carbonyl (C=O) groups excluding carboxylic acids is 6. The number of ether oxygens (including phenoxy) is 4. The number of allylic oxidation sites excluding steroid dienone is 4. The topological polar surface area (TPSA) is 163 Å². The summed E-state index contributed by atoms with van der Waals surface area (Å²) >= 11 is 0. The lowest BCUT2D eigenvalue weighted by Crippen LogP contribution is -2.29. The SMILES string of the molecule is CC.CC.CC(=O)CCC(=O)NCCOCCOCCOCCOCCC(=O)NCC(C)=O.CCC(C)=O.CCC(C)C(=O)[C@@H](C)CC1=CCCC=C1.S.[HH].[HH]. The second-order valence-corrected chi connectivity index (χ2v) is 11.9. The van der Waals surface area contributed by atoms with Crippen molar-refractivity contribution in [2.75, 3.05) is 65.9 Å². The van der Waals surface area contributed by atoms with Gasteiger partial charge < -0.3 is 39.2 Å². The number of hydrogen-bond acceptors (Lipinski definition) is 10. The van der Waals surface area contributed by atoms with Crippen LogP contribution in [-0.4, -0.2) is 101 Å². The molecule has 0 fully saturated rings. The monoisotopic (exact) mass is 795 g/mol. The Morgan fingerprint density at radius 1 is 0.648 bits per heavy atom. The highest BCUT2D eigenvalue weighted by atomic mass is 32.1. The Bertz CT molecular complexity index is 988. The van der Waals surface area contributed by atoms with Crippen LogP contribution in [0.5, 0.6) is 0 Å². The summed E-state index contributed by atoms with van der Waals surface area (Å²) < 4.78 is 21.2. The summed E-state index contributed by atoms with van der Waals surface area (Å²) in [7, 11) is 0. The molecule has 0 spiro atoms. The second-order valence-electron chi connectivity index (χ2n) is 11.9. The van der Waals surface area contributed by atoms with Crippen molar-refractivity contribution in [3.63, 3.8) is 0 Å². The molecule has 2 N–H and O–H groups in total. The molecule has 1 rings (SSSR count). The van der Waals surface area contributed by atoms with Crippen LogP contribution in [0.15, 0.2) is 23.8 Å². The fourth-order valence-electron chi connectivity index (χ4n) is 3.84. The van der Waals surface area contributed by atoms with E-state index in [1.54, 1.807) is 6.92 Å². The molecule has 54 heavy (non-hydrogen) atoms. The highest BCUT2D eigenvalue weighted by Crippen LogP contribution is 2.21. The van der Waals surface area contributed by atoms with Crippen LogP contribution < -0.4 is 10.6 Å². The minimum atomic E-state index is -0.216. The zero-order valence-corrected chi connectivity index (χ0v) is 36.7. The molecule has 13 heteroatoms. The normalized spacial score (nSPS) is 12.0. The summed E-state index contributed by atoms with van der Waals surface area (Å²) in [6, 6.07) is 0. The van der Waals surface area contributed by atoms with Gasteiger partial charge in [-0.25, -0.2) is 0 Å². The van der Waals surface area contributed by atoms with Crippen molar-refractivity contribution >= 4 is 48.4 Å². The van der Waals surface area contributed by atoms with Gasteiger partial charge in [0, 0.05) is 46.9 Å². The van der Waals surface area contributed by atoms with Crippen LogP contribution in [-0.2, 0) is 47.7 Å². The maximum absolute atomic E-state index is 11.9. The summed E-state index contributed by atoms with van der Waals surface area (Å²) in [5, 5.41) is 5.16. The minimum absolute atomic E-state index is 0. The first-order chi connectivity index (χ1) is 25.3. The Balaban J connectivity index is -0.000000149. The van der Waals surface area contributed by atoms with Crippen LogP contribution in [0.2, 0.25) is 0 Å². The standard InChI is InChI=1S/C19H34N2O8.C14H22O.C4H8O.2C2H6.H2S.2H2/c1-16(22)3-4-18(24)20-6-8-27-10-12-29-14-13-28-11-9-26-7-5-19(25)21-15-17(2)23;1-4-11(2)14(15)12(3)10-13-8-6-5-7-9-13;1-3-4(2)5;2*1-2;;;/h3-15H2,1-2H3,(H,20,24)(H,21,25);6,8-9,11-12H,4-5,7,10H2,1-3H3;3H2,1-2H3;2*1-2H3;1H2;2*1H/t;11?,12-;;;;;;/m.0....../s1. The van der Waals surface area contributed by atoms with E-state index in [-0.39, 0.29) is 89.8 Å². The van der Waals surface area contributed by atoms with E-state index in [0.29, 0.717) is 65.0 Å². The number of carbonyl (C=O) groups is 6. The number of hydrogen-bond donors (Lipinski definition) is 2. The lowest BCUT2D eigenvalue weighted by atomic mass is 9.88. The molecule has 2 atom stereocenters. The average Bonchev–Trinajstić information content (AvgIpc) is 3.16. The molecule has 12 nitrogen and oxygen atoms in total. The van der Waals surface area contributed by atoms with Crippen molar-refractivity contribution < 1.29 is 50.6 Å². The molecule has 0 aliphatic heterocycles. The van der Waals surface area contributed by atoms with Gasteiger partial charge in [-0.05, 0) is 46.5 Å². The molecule has 0 aromatic heterocycles. The van der Waals surface area contributed by atoms with E-state index in [1.165, 1.54) is 19.4 Å². The van der Waals surface area contributed by atoms with Crippen molar-refractivity contribution in [2.45, 2.75) is 128 Å². The van der Waals surface area contributed by atoms with E-state index in [9.17, 15) is 28.8 Å². The first-order valence-electron chi connectivity index (χ1n) is 19.6. The van der Waals surface area contributed by atoms with E-state index in [0.717, 1.165) is 25.7 Å². The van der Waals surface area contributed by atoms with E-state index < -0.39 is 0 Å². The number of ketones is 4. The third-order valence-electron chi connectivity index (χ3n) is 7.09. The maximum Gasteiger partial charge on any atom is 0.222 e. The molecule has 2 amide bonds. The van der Waals surface area contributed by atoms with Gasteiger partial charge in [-0.3, -0.25) is 19.2 Å². The number of amides is 2. The second kappa shape index (κ2) is 46.4. The average molecular weight is 795 g/mol. The van der Waals surface area contributed by atoms with Crippen molar-refractivity contribution in [3.05, 3.63) is 23.8 Å². The smallest absolute Gasteiger partial charge is 0.222 e. The van der Waals surface area contributed by atoms with Crippen LogP contribution in [0.3, 0.4) is 0 Å². The third kappa shape index (κ3) is 47.3. The molecular formula is C41H82N2O10S. The predicted molar refractivity (Wildman–Crippen MR) is 227 cm³/mol. The molecule has 1 aliphatic carbocycles. The molecule has 0 bridgehead atoms. The number of nitrogens with one attached hydrogen (secondary N) is 2. The first-order valence-corrected chi connectivity index (χ1v) is 19.6. The van der Waals surface area contributed by atoms with Crippen LogP contribution >= 0.6 is 13.5 Å². The summed E-state index contributed by atoms with van der Waals surface area (Å²) in [6.07, 6.45) is 12.1. The van der Waals surface area contributed by atoms with Gasteiger partial charge in [0.1, 0.15) is 23.1 Å². The fourth-order valence-corrected chi connectivity index (χ4v) is 3.84. The van der Waals surface area contributed by atoms with E-state index >= 15 is 0 Å². The first kappa shape index (κ1) is 60.5. The number of rotatable bonds is 26. The van der Waals surface area contributed by atoms with Gasteiger partial charge >= 0.3 is 0 Å². The maximum atomic E-state index is 11.9. The molecule has 322 valence electrons. The van der Waals surface area contributed by atoms with Crippen molar-refractivity contribution in [2.24, 2.45) is 11.8 Å². The van der Waals surface area contributed by atoms with Crippen molar-refractivity contribution in [3.8, 4) is 0 Å². The van der Waals surface area contributed by atoms with Gasteiger partial charge in [0.25, 0.3) is 0 Å². The molecule has 0 aromatic carbocycles. The summed E-state index contributed by atoms with van der Waals surface area (Å²) in [5.74, 6) is 0.595. The molecule has 0 saturated heterocycles. The van der Waals surface area contributed by atoms with Gasteiger partial charge in [0.15, 0.2) is 0 Å². The Morgan fingerprint density at radius 2 is 1.13 bits per heavy atom. The summed E-state index contributed by atoms with van der Waals surface area (Å²) in [5.41, 5.74) is 1.34. The van der Waals surface area contributed by atoms with E-state index in [2.05, 4.69) is 42.7 Å². The molecule has 0 heterocycles. The van der Waals surface area contributed by atoms with Crippen LogP contribution in [0.25, 0.3) is 0 Å². The zero-order chi connectivity index (χ0) is 41.3. The Hall–Kier alpha value is -2.71. The summed E-state index contributed by atoms with van der Waals surface area (Å²) in [6.45, 7) is 24.0. The van der Waals surface area contributed by atoms with Crippen molar-refractivity contribution in [1.29, 1.82) is 0 Å². The molecule has 0 aromatic rings. The number of Topliss-reactive ketones (excluding diaryl/α,β-unsaturated/α-hetero) is 4. The summed E-state index contributed by atoms with van der Waals surface area (Å²) in [4.78, 5) is 65.8. The third-order valence-corrected chi connectivity index (χ3v) is 7.09. The lowest BCUT2D eigenvalue weighted by Gasteiger charge is -2.16. The molecule has 0 saturated carbocycles. The Kier molecular flexibility index (Phi) is 52.1. The van der Waals surface area contributed by atoms with Crippen molar-refractivity contribution in [1.82, 2.24) is 10.6 Å². The largest absolute Gasteiger partial charge is 0.379 e. The highest BCUT2D eigenvalue weighted by molar-refractivity contribution is 7.59. The fraction of sp³-hybridized carbons (Fsp3) is 0.756. The molecular weight excluding hydrogens is 713 g/mol. The predicted octanol–water partition coefficient (Wildman–Crippen LogP) is 7.18. The van der Waals surface area contributed by atoms with E-state index in [1.807, 2.05) is 41.5 Å². The van der Waals surface area contributed by atoms with Gasteiger partial charge in [-0.1, -0.05) is 79.2 Å². The highest BCUT2D eigenvalue weighted by Gasteiger charge is 2.19.